The van der Waals surface area contributed by atoms with Crippen LogP contribution in [-0.4, -0.2) is 0 Å². The molecule has 10 aromatic carbocycles. The molecule has 0 bridgehead atoms. The molecule has 0 N–H and O–H groups in total. The number of anilines is 3. The van der Waals surface area contributed by atoms with Crippen LogP contribution in [0, 0.1) is 0 Å². The lowest BCUT2D eigenvalue weighted by atomic mass is 9.68. The summed E-state index contributed by atoms with van der Waals surface area (Å²) in [5.41, 5.74) is 17.8. The van der Waals surface area contributed by atoms with Crippen LogP contribution in [0.1, 0.15) is 22.3 Å². The molecular formula is C59H41N. The Labute approximate surface area is 352 Å². The van der Waals surface area contributed by atoms with E-state index in [1.807, 2.05) is 0 Å². The quantitative estimate of drug-likeness (QED) is 0.149. The SMILES string of the molecule is c1ccc(-c2ccc(N(c3ccc4cc(-c5ccccc5-c5ccccc5)ccc4c3)c3cccc4c3-c3ccccc3C4(c3ccccc3)c3ccccc3)cc2)cc1. The average molecular weight is 764 g/mol. The van der Waals surface area contributed by atoms with Gasteiger partial charge in [0, 0.05) is 16.9 Å². The summed E-state index contributed by atoms with van der Waals surface area (Å²) in [4.78, 5) is 2.47. The fourth-order valence-corrected chi connectivity index (χ4v) is 9.67. The van der Waals surface area contributed by atoms with Crippen LogP contribution in [-0.2, 0) is 5.41 Å². The molecule has 0 aliphatic heterocycles. The predicted octanol–water partition coefficient (Wildman–Crippen LogP) is 15.7. The van der Waals surface area contributed by atoms with E-state index < -0.39 is 5.41 Å². The molecule has 1 aliphatic carbocycles. The van der Waals surface area contributed by atoms with E-state index in [0.717, 1.165) is 17.1 Å². The van der Waals surface area contributed by atoms with Crippen LogP contribution < -0.4 is 4.90 Å². The molecule has 0 spiro atoms. The minimum atomic E-state index is -0.497. The van der Waals surface area contributed by atoms with Gasteiger partial charge < -0.3 is 4.90 Å². The zero-order valence-corrected chi connectivity index (χ0v) is 33.1. The average Bonchev–Trinajstić information content (AvgIpc) is 3.64. The highest BCUT2D eigenvalue weighted by molar-refractivity contribution is 6.00. The van der Waals surface area contributed by atoms with Crippen molar-refractivity contribution in [2.24, 2.45) is 0 Å². The third-order valence-corrected chi connectivity index (χ3v) is 12.3. The Morgan fingerprint density at radius 2 is 0.750 bits per heavy atom. The summed E-state index contributed by atoms with van der Waals surface area (Å²) >= 11 is 0. The van der Waals surface area contributed by atoms with Crippen molar-refractivity contribution in [3.05, 3.63) is 271 Å². The highest BCUT2D eigenvalue weighted by Gasteiger charge is 2.47. The highest BCUT2D eigenvalue weighted by atomic mass is 15.1. The standard InChI is InChI=1S/C59H41N/c1-5-18-42(19-6-1)43-34-37-50(38-35-43)60(51-39-36-45-40-47(33-32-46(45)41-51)53-27-14-13-26-52(53)44-20-7-2-8-21-44)57-31-17-30-56-58(57)54-28-15-16-29-55(54)59(56,48-22-9-3-10-23-48)49-24-11-4-12-25-49/h1-41H. The van der Waals surface area contributed by atoms with Crippen LogP contribution in [0.5, 0.6) is 0 Å². The molecule has 60 heavy (non-hydrogen) atoms. The van der Waals surface area contributed by atoms with Crippen LogP contribution in [0.15, 0.2) is 249 Å². The van der Waals surface area contributed by atoms with Gasteiger partial charge in [0.25, 0.3) is 0 Å². The zero-order chi connectivity index (χ0) is 39.9. The molecule has 11 rings (SSSR count). The first-order valence-electron chi connectivity index (χ1n) is 20.8. The van der Waals surface area contributed by atoms with Gasteiger partial charge in [-0.3, -0.25) is 0 Å². The third kappa shape index (κ3) is 5.86. The first kappa shape index (κ1) is 35.4. The molecule has 10 aromatic rings. The van der Waals surface area contributed by atoms with Gasteiger partial charge in [-0.25, -0.2) is 0 Å². The molecule has 0 radical (unpaired) electrons. The fourth-order valence-electron chi connectivity index (χ4n) is 9.67. The Morgan fingerprint density at radius 1 is 0.283 bits per heavy atom. The van der Waals surface area contributed by atoms with Gasteiger partial charge in [0.15, 0.2) is 0 Å². The van der Waals surface area contributed by atoms with Crippen molar-refractivity contribution in [3.8, 4) is 44.5 Å². The molecule has 0 saturated heterocycles. The van der Waals surface area contributed by atoms with E-state index in [-0.39, 0.29) is 0 Å². The van der Waals surface area contributed by atoms with E-state index in [1.165, 1.54) is 77.5 Å². The van der Waals surface area contributed by atoms with Gasteiger partial charge in [0.2, 0.25) is 0 Å². The lowest BCUT2D eigenvalue weighted by Crippen LogP contribution is -2.28. The fraction of sp³-hybridized carbons (Fsp3) is 0.0169. The van der Waals surface area contributed by atoms with E-state index in [0.29, 0.717) is 0 Å². The predicted molar refractivity (Wildman–Crippen MR) is 252 cm³/mol. The van der Waals surface area contributed by atoms with E-state index in [1.54, 1.807) is 0 Å². The number of hydrogen-bond acceptors (Lipinski definition) is 1. The van der Waals surface area contributed by atoms with Gasteiger partial charge in [0.05, 0.1) is 11.1 Å². The second-order valence-electron chi connectivity index (χ2n) is 15.6. The molecule has 0 saturated carbocycles. The Morgan fingerprint density at radius 3 is 1.42 bits per heavy atom. The second-order valence-corrected chi connectivity index (χ2v) is 15.6. The number of benzene rings is 10. The second kappa shape index (κ2) is 14.9. The van der Waals surface area contributed by atoms with Gasteiger partial charge in [0.1, 0.15) is 0 Å². The maximum absolute atomic E-state index is 2.47. The molecule has 282 valence electrons. The Hall–Kier alpha value is -7.74. The summed E-state index contributed by atoms with van der Waals surface area (Å²) in [5.74, 6) is 0. The number of fused-ring (bicyclic) bond motifs is 4. The van der Waals surface area contributed by atoms with E-state index >= 15 is 0 Å². The summed E-state index contributed by atoms with van der Waals surface area (Å²) in [6.45, 7) is 0. The van der Waals surface area contributed by atoms with Gasteiger partial charge in [-0.05, 0) is 108 Å². The van der Waals surface area contributed by atoms with Gasteiger partial charge >= 0.3 is 0 Å². The molecular weight excluding hydrogens is 723 g/mol. The van der Waals surface area contributed by atoms with Crippen LogP contribution in [0.2, 0.25) is 0 Å². The maximum Gasteiger partial charge on any atom is 0.0714 e. The monoisotopic (exact) mass is 763 g/mol. The number of rotatable bonds is 8. The van der Waals surface area contributed by atoms with Crippen LogP contribution in [0.25, 0.3) is 55.3 Å². The van der Waals surface area contributed by atoms with E-state index in [4.69, 9.17) is 0 Å². The van der Waals surface area contributed by atoms with Gasteiger partial charge in [-0.2, -0.15) is 0 Å². The zero-order valence-electron chi connectivity index (χ0n) is 33.1. The molecule has 1 nitrogen and oxygen atoms in total. The van der Waals surface area contributed by atoms with Crippen molar-refractivity contribution in [2.45, 2.75) is 5.41 Å². The molecule has 1 heteroatoms. The molecule has 1 aliphatic rings. The van der Waals surface area contributed by atoms with Crippen LogP contribution >= 0.6 is 0 Å². The van der Waals surface area contributed by atoms with E-state index in [2.05, 4.69) is 254 Å². The maximum atomic E-state index is 2.47. The summed E-state index contributed by atoms with van der Waals surface area (Å²) in [6, 6.07) is 91.0. The Kier molecular flexibility index (Phi) is 8.79. The van der Waals surface area contributed by atoms with Crippen molar-refractivity contribution in [1.82, 2.24) is 0 Å². The minimum Gasteiger partial charge on any atom is -0.310 e. The summed E-state index contributed by atoms with van der Waals surface area (Å²) in [7, 11) is 0. The first-order valence-corrected chi connectivity index (χ1v) is 20.8. The summed E-state index contributed by atoms with van der Waals surface area (Å²) in [5, 5.41) is 2.39. The molecule has 0 unspecified atom stereocenters. The smallest absolute Gasteiger partial charge is 0.0714 e. The van der Waals surface area contributed by atoms with Crippen molar-refractivity contribution < 1.29 is 0 Å². The highest BCUT2D eigenvalue weighted by Crippen LogP contribution is 2.59. The first-order chi connectivity index (χ1) is 29.8. The van der Waals surface area contributed by atoms with Crippen molar-refractivity contribution in [1.29, 1.82) is 0 Å². The van der Waals surface area contributed by atoms with Crippen molar-refractivity contribution >= 4 is 27.8 Å². The Balaban J connectivity index is 1.12. The summed E-state index contributed by atoms with van der Waals surface area (Å²) < 4.78 is 0. The van der Waals surface area contributed by atoms with Crippen molar-refractivity contribution in [3.63, 3.8) is 0 Å². The molecule has 0 amide bonds. The third-order valence-electron chi connectivity index (χ3n) is 12.3. The van der Waals surface area contributed by atoms with Crippen molar-refractivity contribution in [2.75, 3.05) is 4.90 Å². The normalized spacial score (nSPS) is 12.5. The van der Waals surface area contributed by atoms with Crippen LogP contribution in [0.3, 0.4) is 0 Å². The van der Waals surface area contributed by atoms with Gasteiger partial charge in [-0.15, -0.1) is 0 Å². The largest absolute Gasteiger partial charge is 0.310 e. The number of nitrogens with zero attached hydrogens (tertiary/aromatic N) is 1. The molecule has 0 fully saturated rings. The summed E-state index contributed by atoms with van der Waals surface area (Å²) in [6.07, 6.45) is 0. The molecule has 0 heterocycles. The molecule has 0 aromatic heterocycles. The lowest BCUT2D eigenvalue weighted by molar-refractivity contribution is 0.768. The Bertz CT molecular complexity index is 3080. The topological polar surface area (TPSA) is 3.24 Å². The van der Waals surface area contributed by atoms with E-state index in [9.17, 15) is 0 Å². The van der Waals surface area contributed by atoms with Gasteiger partial charge in [-0.1, -0.05) is 212 Å². The molecule has 0 atom stereocenters. The van der Waals surface area contributed by atoms with Crippen LogP contribution in [0.4, 0.5) is 17.1 Å². The number of hydrogen-bond donors (Lipinski definition) is 0. The lowest BCUT2D eigenvalue weighted by Gasteiger charge is -2.34. The minimum absolute atomic E-state index is 0.497.